The number of para-hydroxylation sites is 1. The lowest BCUT2D eigenvalue weighted by molar-refractivity contribution is 0.624. The van der Waals surface area contributed by atoms with Crippen LogP contribution in [0.5, 0.6) is 0 Å². The van der Waals surface area contributed by atoms with Crippen molar-refractivity contribution >= 4 is 5.95 Å². The Hall–Kier alpha value is -2.76. The molecule has 0 aliphatic heterocycles. The van der Waals surface area contributed by atoms with Gasteiger partial charge in [-0.05, 0) is 53.1 Å². The maximum absolute atomic E-state index is 13.1. The Balaban J connectivity index is 1.56. The summed E-state index contributed by atoms with van der Waals surface area (Å²) in [4.78, 5) is 0. The number of nitrogens with one attached hydrogen (secondary N) is 1. The molecule has 0 unspecified atom stereocenters. The Morgan fingerprint density at radius 3 is 2.73 bits per heavy atom. The average molecular weight is 297 g/mol. The van der Waals surface area contributed by atoms with Gasteiger partial charge in [0.2, 0.25) is 5.95 Å². The van der Waals surface area contributed by atoms with Gasteiger partial charge >= 0.3 is 0 Å². The maximum atomic E-state index is 13.1. The number of benzene rings is 2. The van der Waals surface area contributed by atoms with Crippen molar-refractivity contribution in [2.75, 3.05) is 11.9 Å². The van der Waals surface area contributed by atoms with Crippen molar-refractivity contribution in [2.24, 2.45) is 0 Å². The molecule has 0 atom stereocenters. The van der Waals surface area contributed by atoms with Crippen molar-refractivity contribution in [2.45, 2.75) is 12.8 Å². The molecule has 6 heteroatoms. The van der Waals surface area contributed by atoms with Crippen molar-refractivity contribution in [1.82, 2.24) is 20.2 Å². The third kappa shape index (κ3) is 3.46. The highest BCUT2D eigenvalue weighted by molar-refractivity contribution is 5.38. The van der Waals surface area contributed by atoms with Gasteiger partial charge in [0.05, 0.1) is 5.69 Å². The zero-order chi connectivity index (χ0) is 15.2. The first kappa shape index (κ1) is 14.2. The van der Waals surface area contributed by atoms with E-state index in [1.54, 1.807) is 16.8 Å². The molecule has 2 aromatic carbocycles. The van der Waals surface area contributed by atoms with Crippen LogP contribution in [-0.4, -0.2) is 26.8 Å². The van der Waals surface area contributed by atoms with Gasteiger partial charge in [0, 0.05) is 6.54 Å². The summed E-state index contributed by atoms with van der Waals surface area (Å²) in [6.45, 7) is 0.712. The summed E-state index contributed by atoms with van der Waals surface area (Å²) < 4.78 is 14.7. The average Bonchev–Trinajstić information content (AvgIpc) is 3.01. The molecule has 0 bridgehead atoms. The van der Waals surface area contributed by atoms with Gasteiger partial charge in [-0.15, -0.1) is 0 Å². The Morgan fingerprint density at radius 1 is 1.05 bits per heavy atom. The summed E-state index contributed by atoms with van der Waals surface area (Å²) >= 11 is 0. The van der Waals surface area contributed by atoms with Crippen molar-refractivity contribution < 1.29 is 4.39 Å². The molecule has 0 aliphatic carbocycles. The van der Waals surface area contributed by atoms with Gasteiger partial charge in [-0.1, -0.05) is 35.4 Å². The van der Waals surface area contributed by atoms with E-state index in [-0.39, 0.29) is 5.82 Å². The Labute approximate surface area is 127 Å². The van der Waals surface area contributed by atoms with Gasteiger partial charge in [-0.2, -0.15) is 4.68 Å². The fraction of sp³-hybridized carbons (Fsp3) is 0.188. The van der Waals surface area contributed by atoms with Crippen LogP contribution in [0.3, 0.4) is 0 Å². The fourth-order valence-corrected chi connectivity index (χ4v) is 2.23. The molecule has 0 saturated carbocycles. The van der Waals surface area contributed by atoms with Gasteiger partial charge in [-0.25, -0.2) is 4.39 Å². The SMILES string of the molecule is Fc1cccc(CCCNc2nnnn2-c2ccccc2)c1. The van der Waals surface area contributed by atoms with E-state index >= 15 is 0 Å². The predicted octanol–water partition coefficient (Wildman–Crippen LogP) is 2.85. The van der Waals surface area contributed by atoms with Crippen LogP contribution in [0.15, 0.2) is 54.6 Å². The summed E-state index contributed by atoms with van der Waals surface area (Å²) in [6.07, 6.45) is 1.67. The molecule has 0 radical (unpaired) electrons. The monoisotopic (exact) mass is 297 g/mol. The second-order valence-corrected chi connectivity index (χ2v) is 4.91. The Kier molecular flexibility index (Phi) is 4.38. The first-order valence-corrected chi connectivity index (χ1v) is 7.15. The molecule has 3 rings (SSSR count). The summed E-state index contributed by atoms with van der Waals surface area (Å²) in [7, 11) is 0. The zero-order valence-electron chi connectivity index (χ0n) is 12.0. The van der Waals surface area contributed by atoms with Crippen LogP contribution in [0.4, 0.5) is 10.3 Å². The number of hydrogen-bond acceptors (Lipinski definition) is 4. The van der Waals surface area contributed by atoms with Crippen LogP contribution < -0.4 is 5.32 Å². The summed E-state index contributed by atoms with van der Waals surface area (Å²) in [5.41, 5.74) is 1.89. The quantitative estimate of drug-likeness (QED) is 0.711. The number of nitrogens with zero attached hydrogens (tertiary/aromatic N) is 4. The summed E-state index contributed by atoms with van der Waals surface area (Å²) in [5.74, 6) is 0.406. The molecule has 22 heavy (non-hydrogen) atoms. The Morgan fingerprint density at radius 2 is 1.91 bits per heavy atom. The van der Waals surface area contributed by atoms with E-state index in [9.17, 15) is 4.39 Å². The normalized spacial score (nSPS) is 10.6. The van der Waals surface area contributed by atoms with Gasteiger partial charge in [0.1, 0.15) is 5.82 Å². The molecule has 1 aromatic heterocycles. The number of aryl methyl sites for hydroxylation is 1. The molecule has 0 spiro atoms. The molecule has 0 fully saturated rings. The van der Waals surface area contributed by atoms with Gasteiger partial charge in [0.15, 0.2) is 0 Å². The van der Waals surface area contributed by atoms with Crippen LogP contribution >= 0.6 is 0 Å². The van der Waals surface area contributed by atoms with Crippen LogP contribution in [0.25, 0.3) is 5.69 Å². The summed E-state index contributed by atoms with van der Waals surface area (Å²) in [6, 6.07) is 16.4. The smallest absolute Gasteiger partial charge is 0.247 e. The molecular weight excluding hydrogens is 281 g/mol. The number of anilines is 1. The lowest BCUT2D eigenvalue weighted by atomic mass is 10.1. The number of halogens is 1. The minimum Gasteiger partial charge on any atom is -0.353 e. The highest BCUT2D eigenvalue weighted by Gasteiger charge is 2.06. The van der Waals surface area contributed by atoms with E-state index in [4.69, 9.17) is 0 Å². The number of hydrogen-bond donors (Lipinski definition) is 1. The van der Waals surface area contributed by atoms with Crippen LogP contribution in [-0.2, 0) is 6.42 Å². The number of tetrazole rings is 1. The van der Waals surface area contributed by atoms with E-state index in [0.29, 0.717) is 12.5 Å². The summed E-state index contributed by atoms with van der Waals surface area (Å²) in [5, 5.41) is 14.9. The van der Waals surface area contributed by atoms with Crippen molar-refractivity contribution in [1.29, 1.82) is 0 Å². The maximum Gasteiger partial charge on any atom is 0.247 e. The standard InChI is InChI=1S/C16H16FN5/c17-14-8-4-6-13(12-14)7-5-11-18-16-19-20-21-22(16)15-9-2-1-3-10-15/h1-4,6,8-10,12H,5,7,11H2,(H,18,19,21). The van der Waals surface area contributed by atoms with E-state index in [1.165, 1.54) is 6.07 Å². The minimum atomic E-state index is -0.196. The van der Waals surface area contributed by atoms with E-state index in [2.05, 4.69) is 20.8 Å². The first-order valence-electron chi connectivity index (χ1n) is 7.15. The number of rotatable bonds is 6. The van der Waals surface area contributed by atoms with E-state index < -0.39 is 0 Å². The molecule has 0 aliphatic rings. The number of aromatic nitrogens is 4. The Bertz CT molecular complexity index is 726. The molecule has 0 saturated heterocycles. The molecular formula is C16H16FN5. The van der Waals surface area contributed by atoms with Gasteiger partial charge in [0.25, 0.3) is 0 Å². The highest BCUT2D eigenvalue weighted by Crippen LogP contribution is 2.11. The largest absolute Gasteiger partial charge is 0.353 e. The zero-order valence-corrected chi connectivity index (χ0v) is 12.0. The van der Waals surface area contributed by atoms with Crippen LogP contribution in [0, 0.1) is 5.82 Å². The first-order chi connectivity index (χ1) is 10.8. The van der Waals surface area contributed by atoms with Crippen LogP contribution in [0.1, 0.15) is 12.0 Å². The molecule has 1 heterocycles. The fourth-order valence-electron chi connectivity index (χ4n) is 2.23. The molecule has 5 nitrogen and oxygen atoms in total. The van der Waals surface area contributed by atoms with Gasteiger partial charge < -0.3 is 5.32 Å². The molecule has 3 aromatic rings. The second kappa shape index (κ2) is 6.80. The second-order valence-electron chi connectivity index (χ2n) is 4.91. The third-order valence-corrected chi connectivity index (χ3v) is 3.28. The lowest BCUT2D eigenvalue weighted by Gasteiger charge is -2.07. The van der Waals surface area contributed by atoms with Gasteiger partial charge in [-0.3, -0.25) is 0 Å². The van der Waals surface area contributed by atoms with E-state index in [0.717, 1.165) is 24.1 Å². The van der Waals surface area contributed by atoms with Crippen molar-refractivity contribution in [3.05, 3.63) is 66.0 Å². The minimum absolute atomic E-state index is 0.196. The van der Waals surface area contributed by atoms with Crippen molar-refractivity contribution in [3.8, 4) is 5.69 Å². The molecule has 0 amide bonds. The molecule has 1 N–H and O–H groups in total. The van der Waals surface area contributed by atoms with E-state index in [1.807, 2.05) is 36.4 Å². The molecule has 112 valence electrons. The topological polar surface area (TPSA) is 55.6 Å². The third-order valence-electron chi connectivity index (χ3n) is 3.28. The van der Waals surface area contributed by atoms with Crippen LogP contribution in [0.2, 0.25) is 0 Å². The predicted molar refractivity (Wildman–Crippen MR) is 82.4 cm³/mol. The van der Waals surface area contributed by atoms with Crippen molar-refractivity contribution in [3.63, 3.8) is 0 Å². The lowest BCUT2D eigenvalue weighted by Crippen LogP contribution is -2.09. The highest BCUT2D eigenvalue weighted by atomic mass is 19.1.